The van der Waals surface area contributed by atoms with E-state index in [1.807, 2.05) is 0 Å². The van der Waals surface area contributed by atoms with Gasteiger partial charge < -0.3 is 5.32 Å². The molecule has 0 aromatic rings. The molecule has 2 fully saturated rings. The monoisotopic (exact) mass is 139 g/mol. The molecule has 58 valence electrons. The summed E-state index contributed by atoms with van der Waals surface area (Å²) in [4.78, 5) is 0. The van der Waals surface area contributed by atoms with Crippen molar-refractivity contribution in [2.75, 3.05) is 7.05 Å². The van der Waals surface area contributed by atoms with Crippen LogP contribution in [0.5, 0.6) is 0 Å². The molecule has 1 unspecified atom stereocenters. The van der Waals surface area contributed by atoms with Crippen LogP contribution in [0.1, 0.15) is 26.2 Å². The molecule has 1 heteroatoms. The molecule has 2 saturated carbocycles. The second-order valence-corrected chi connectivity index (χ2v) is 4.01. The van der Waals surface area contributed by atoms with E-state index >= 15 is 0 Å². The first-order valence-electron chi connectivity index (χ1n) is 4.50. The largest absolute Gasteiger partial charge is 0.316 e. The molecule has 0 heterocycles. The van der Waals surface area contributed by atoms with Gasteiger partial charge in [-0.2, -0.15) is 0 Å². The Balaban J connectivity index is 2.10. The maximum atomic E-state index is 3.45. The van der Waals surface area contributed by atoms with E-state index in [2.05, 4.69) is 19.3 Å². The van der Waals surface area contributed by atoms with E-state index in [9.17, 15) is 0 Å². The standard InChI is InChI=1S/C9H17N/c1-6-7-3-4-8(5-7)9(6)10-2/h6-10H,3-5H2,1-2H3/t6?,7-,8+,9+/m1/s1. The summed E-state index contributed by atoms with van der Waals surface area (Å²) in [5.74, 6) is 3.02. The first-order valence-corrected chi connectivity index (χ1v) is 4.50. The second kappa shape index (κ2) is 2.23. The van der Waals surface area contributed by atoms with Crippen LogP contribution in [0.3, 0.4) is 0 Å². The van der Waals surface area contributed by atoms with Crippen molar-refractivity contribution in [3.8, 4) is 0 Å². The lowest BCUT2D eigenvalue weighted by Crippen LogP contribution is -2.36. The molecule has 2 aliphatic carbocycles. The zero-order valence-electron chi connectivity index (χ0n) is 6.93. The molecule has 0 saturated heterocycles. The molecular weight excluding hydrogens is 122 g/mol. The van der Waals surface area contributed by atoms with E-state index in [1.165, 1.54) is 19.3 Å². The summed E-state index contributed by atoms with van der Waals surface area (Å²) in [5.41, 5.74) is 0. The second-order valence-electron chi connectivity index (χ2n) is 4.01. The molecular formula is C9H17N. The summed E-state index contributed by atoms with van der Waals surface area (Å²) in [7, 11) is 2.11. The van der Waals surface area contributed by atoms with Crippen molar-refractivity contribution in [2.24, 2.45) is 17.8 Å². The predicted molar refractivity (Wildman–Crippen MR) is 42.8 cm³/mol. The van der Waals surface area contributed by atoms with E-state index < -0.39 is 0 Å². The number of hydrogen-bond acceptors (Lipinski definition) is 1. The molecule has 4 atom stereocenters. The summed E-state index contributed by atoms with van der Waals surface area (Å²) in [6.07, 6.45) is 4.50. The van der Waals surface area contributed by atoms with E-state index in [-0.39, 0.29) is 0 Å². The van der Waals surface area contributed by atoms with Crippen LogP contribution in [0, 0.1) is 17.8 Å². The summed E-state index contributed by atoms with van der Waals surface area (Å²) >= 11 is 0. The molecule has 1 nitrogen and oxygen atoms in total. The molecule has 0 aliphatic heterocycles. The van der Waals surface area contributed by atoms with Gasteiger partial charge in [-0.05, 0) is 44.1 Å². The maximum Gasteiger partial charge on any atom is 0.0121 e. The number of hydrogen-bond donors (Lipinski definition) is 1. The van der Waals surface area contributed by atoms with Gasteiger partial charge >= 0.3 is 0 Å². The highest BCUT2D eigenvalue weighted by molar-refractivity contribution is 4.97. The van der Waals surface area contributed by atoms with Crippen molar-refractivity contribution < 1.29 is 0 Å². The Morgan fingerprint density at radius 3 is 2.30 bits per heavy atom. The normalized spacial score (nSPS) is 52.2. The molecule has 2 aliphatic rings. The third kappa shape index (κ3) is 0.731. The Labute approximate surface area is 63.2 Å². The molecule has 0 aromatic carbocycles. The minimum absolute atomic E-state index is 0.846. The molecule has 0 spiro atoms. The van der Waals surface area contributed by atoms with Gasteiger partial charge in [0.15, 0.2) is 0 Å². The number of rotatable bonds is 1. The highest BCUT2D eigenvalue weighted by Gasteiger charge is 2.44. The Morgan fingerprint density at radius 2 is 1.90 bits per heavy atom. The van der Waals surface area contributed by atoms with Crippen molar-refractivity contribution >= 4 is 0 Å². The molecule has 10 heavy (non-hydrogen) atoms. The van der Waals surface area contributed by atoms with E-state index in [1.54, 1.807) is 0 Å². The molecule has 2 rings (SSSR count). The van der Waals surface area contributed by atoms with Crippen molar-refractivity contribution in [2.45, 2.75) is 32.2 Å². The van der Waals surface area contributed by atoms with Crippen LogP contribution >= 0.6 is 0 Å². The first kappa shape index (κ1) is 6.66. The lowest BCUT2D eigenvalue weighted by atomic mass is 9.86. The van der Waals surface area contributed by atoms with Gasteiger partial charge in [0, 0.05) is 6.04 Å². The van der Waals surface area contributed by atoms with Gasteiger partial charge in [0.05, 0.1) is 0 Å². The smallest absolute Gasteiger partial charge is 0.0121 e. The van der Waals surface area contributed by atoms with E-state index in [0.717, 1.165) is 23.8 Å². The average molecular weight is 139 g/mol. The highest BCUT2D eigenvalue weighted by atomic mass is 14.9. The number of nitrogens with one attached hydrogen (secondary N) is 1. The Hall–Kier alpha value is -0.0400. The predicted octanol–water partition coefficient (Wildman–Crippen LogP) is 1.64. The SMILES string of the molecule is CN[C@H]1C(C)[C@@H]2CC[C@H]1C2. The van der Waals surface area contributed by atoms with E-state index in [4.69, 9.17) is 0 Å². The zero-order chi connectivity index (χ0) is 7.14. The molecule has 0 amide bonds. The summed E-state index contributed by atoms with van der Waals surface area (Å²) in [6.45, 7) is 2.41. The summed E-state index contributed by atoms with van der Waals surface area (Å²) < 4.78 is 0. The van der Waals surface area contributed by atoms with Gasteiger partial charge in [-0.3, -0.25) is 0 Å². The minimum atomic E-state index is 0.846. The van der Waals surface area contributed by atoms with Crippen LogP contribution in [0.4, 0.5) is 0 Å². The summed E-state index contributed by atoms with van der Waals surface area (Å²) in [5, 5.41) is 3.45. The van der Waals surface area contributed by atoms with Gasteiger partial charge in [0.25, 0.3) is 0 Å². The molecule has 1 N–H and O–H groups in total. The van der Waals surface area contributed by atoms with Crippen molar-refractivity contribution in [1.29, 1.82) is 0 Å². The summed E-state index contributed by atoms with van der Waals surface area (Å²) in [6, 6.07) is 0.846. The van der Waals surface area contributed by atoms with Crippen LogP contribution in [0.2, 0.25) is 0 Å². The van der Waals surface area contributed by atoms with Gasteiger partial charge in [0.2, 0.25) is 0 Å². The minimum Gasteiger partial charge on any atom is -0.316 e. The van der Waals surface area contributed by atoms with Gasteiger partial charge in [-0.1, -0.05) is 6.92 Å². The zero-order valence-corrected chi connectivity index (χ0v) is 6.93. The first-order chi connectivity index (χ1) is 4.83. The fourth-order valence-corrected chi connectivity index (χ4v) is 3.08. The van der Waals surface area contributed by atoms with Gasteiger partial charge in [0.1, 0.15) is 0 Å². The van der Waals surface area contributed by atoms with Crippen molar-refractivity contribution in [1.82, 2.24) is 5.32 Å². The lowest BCUT2D eigenvalue weighted by molar-refractivity contribution is 0.277. The number of fused-ring (bicyclic) bond motifs is 2. The van der Waals surface area contributed by atoms with Gasteiger partial charge in [-0.15, -0.1) is 0 Å². The van der Waals surface area contributed by atoms with Crippen LogP contribution in [-0.2, 0) is 0 Å². The Bertz CT molecular complexity index is 131. The average Bonchev–Trinajstić information content (AvgIpc) is 2.46. The fraction of sp³-hybridized carbons (Fsp3) is 1.00. The maximum absolute atomic E-state index is 3.45. The highest BCUT2D eigenvalue weighted by Crippen LogP contribution is 2.47. The third-order valence-electron chi connectivity index (χ3n) is 3.66. The fourth-order valence-electron chi connectivity index (χ4n) is 3.08. The van der Waals surface area contributed by atoms with Crippen LogP contribution in [0.25, 0.3) is 0 Å². The van der Waals surface area contributed by atoms with Gasteiger partial charge in [-0.25, -0.2) is 0 Å². The Morgan fingerprint density at radius 1 is 1.20 bits per heavy atom. The van der Waals surface area contributed by atoms with Crippen LogP contribution in [0.15, 0.2) is 0 Å². The molecule has 2 bridgehead atoms. The molecule has 0 radical (unpaired) electrons. The Kier molecular flexibility index (Phi) is 1.48. The quantitative estimate of drug-likeness (QED) is 0.582. The molecule has 0 aromatic heterocycles. The topological polar surface area (TPSA) is 12.0 Å². The van der Waals surface area contributed by atoms with Crippen molar-refractivity contribution in [3.63, 3.8) is 0 Å². The van der Waals surface area contributed by atoms with Crippen LogP contribution < -0.4 is 5.32 Å². The van der Waals surface area contributed by atoms with Crippen molar-refractivity contribution in [3.05, 3.63) is 0 Å². The third-order valence-corrected chi connectivity index (χ3v) is 3.66. The van der Waals surface area contributed by atoms with Crippen LogP contribution in [-0.4, -0.2) is 13.1 Å². The lowest BCUT2D eigenvalue weighted by Gasteiger charge is -2.27. The van der Waals surface area contributed by atoms with E-state index in [0.29, 0.717) is 0 Å².